The maximum atomic E-state index is 11.2. The average Bonchev–Trinajstić information content (AvgIpc) is 2.85. The van der Waals surface area contributed by atoms with Gasteiger partial charge in [0.1, 0.15) is 5.65 Å². The van der Waals surface area contributed by atoms with Crippen molar-refractivity contribution in [2.75, 3.05) is 27.2 Å². The fourth-order valence-electron chi connectivity index (χ4n) is 3.35. The number of fused-ring (bicyclic) bond motifs is 1. The molecule has 3 heterocycles. The van der Waals surface area contributed by atoms with Crippen molar-refractivity contribution in [1.29, 1.82) is 0 Å². The molecule has 1 aliphatic heterocycles. The van der Waals surface area contributed by atoms with Crippen molar-refractivity contribution in [2.45, 2.75) is 31.8 Å². The number of aromatic nitrogens is 2. The van der Waals surface area contributed by atoms with Crippen molar-refractivity contribution >= 4 is 11.6 Å². The third-order valence-electron chi connectivity index (χ3n) is 4.74. The molecule has 23 heavy (non-hydrogen) atoms. The number of rotatable bonds is 5. The molecular formula is C17H24N4O2. The summed E-state index contributed by atoms with van der Waals surface area (Å²) in [5.74, 6) is -0.836. The van der Waals surface area contributed by atoms with Gasteiger partial charge in [-0.1, -0.05) is 6.07 Å². The maximum Gasteiger partial charge on any atom is 0.309 e. The standard InChI is InChI=1S/C17H24N4O2/c1-19-9-6-13(7-10-19)20(2)12-15-14(11-17(22)23)18-16-5-3-4-8-21(15)16/h3-5,8,13H,6-7,9-12H2,1-2H3,(H,22,23). The molecule has 3 rings (SSSR count). The van der Waals surface area contributed by atoms with Crippen LogP contribution in [-0.2, 0) is 17.8 Å². The second-order valence-electron chi connectivity index (χ2n) is 6.45. The van der Waals surface area contributed by atoms with Crippen LogP contribution in [0.4, 0.5) is 0 Å². The van der Waals surface area contributed by atoms with Gasteiger partial charge in [0.15, 0.2) is 0 Å². The van der Waals surface area contributed by atoms with E-state index < -0.39 is 5.97 Å². The van der Waals surface area contributed by atoms with Crippen LogP contribution in [0, 0.1) is 0 Å². The lowest BCUT2D eigenvalue weighted by Crippen LogP contribution is -2.41. The summed E-state index contributed by atoms with van der Waals surface area (Å²) in [5.41, 5.74) is 2.48. The second kappa shape index (κ2) is 6.68. The van der Waals surface area contributed by atoms with E-state index in [1.807, 2.05) is 28.8 Å². The molecule has 1 N–H and O–H groups in total. The lowest BCUT2D eigenvalue weighted by Gasteiger charge is -2.35. The predicted octanol–water partition coefficient (Wildman–Crippen LogP) is 1.49. The Labute approximate surface area is 136 Å². The molecule has 1 fully saturated rings. The van der Waals surface area contributed by atoms with Crippen LogP contribution in [-0.4, -0.2) is 63.5 Å². The summed E-state index contributed by atoms with van der Waals surface area (Å²) in [6, 6.07) is 6.35. The summed E-state index contributed by atoms with van der Waals surface area (Å²) in [4.78, 5) is 20.4. The first kappa shape index (κ1) is 16.0. The molecule has 0 aromatic carbocycles. The molecule has 0 atom stereocenters. The van der Waals surface area contributed by atoms with Gasteiger partial charge >= 0.3 is 5.97 Å². The van der Waals surface area contributed by atoms with Crippen LogP contribution >= 0.6 is 0 Å². The summed E-state index contributed by atoms with van der Waals surface area (Å²) >= 11 is 0. The van der Waals surface area contributed by atoms with Crippen LogP contribution in [0.15, 0.2) is 24.4 Å². The molecule has 1 aliphatic rings. The van der Waals surface area contributed by atoms with Crippen molar-refractivity contribution in [1.82, 2.24) is 19.2 Å². The number of hydrogen-bond acceptors (Lipinski definition) is 4. The zero-order valence-corrected chi connectivity index (χ0v) is 13.8. The van der Waals surface area contributed by atoms with E-state index in [0.29, 0.717) is 11.7 Å². The molecule has 124 valence electrons. The molecule has 0 radical (unpaired) electrons. The molecular weight excluding hydrogens is 292 g/mol. The first-order valence-corrected chi connectivity index (χ1v) is 8.10. The van der Waals surface area contributed by atoms with Gasteiger partial charge in [-0.25, -0.2) is 4.98 Å². The van der Waals surface area contributed by atoms with Crippen molar-refractivity contribution in [3.05, 3.63) is 35.8 Å². The highest BCUT2D eigenvalue weighted by molar-refractivity contribution is 5.70. The first-order chi connectivity index (χ1) is 11.0. The van der Waals surface area contributed by atoms with Crippen molar-refractivity contribution < 1.29 is 9.90 Å². The summed E-state index contributed by atoms with van der Waals surface area (Å²) in [6.07, 6.45) is 4.24. The number of imidazole rings is 1. The van der Waals surface area contributed by atoms with Gasteiger partial charge in [0, 0.05) is 18.8 Å². The van der Waals surface area contributed by atoms with Crippen LogP contribution in [0.2, 0.25) is 0 Å². The fourth-order valence-corrected chi connectivity index (χ4v) is 3.35. The van der Waals surface area contributed by atoms with Gasteiger partial charge in [-0.3, -0.25) is 9.69 Å². The number of pyridine rings is 1. The van der Waals surface area contributed by atoms with Gasteiger partial charge in [0.05, 0.1) is 17.8 Å². The van der Waals surface area contributed by atoms with Crippen molar-refractivity contribution in [3.8, 4) is 0 Å². The maximum absolute atomic E-state index is 11.2. The minimum atomic E-state index is -0.836. The summed E-state index contributed by atoms with van der Waals surface area (Å²) in [7, 11) is 4.29. The largest absolute Gasteiger partial charge is 0.481 e. The predicted molar refractivity (Wildman–Crippen MR) is 88.5 cm³/mol. The Morgan fingerprint density at radius 2 is 2.13 bits per heavy atom. The van der Waals surface area contributed by atoms with Gasteiger partial charge in [0.2, 0.25) is 0 Å². The lowest BCUT2D eigenvalue weighted by atomic mass is 10.0. The van der Waals surface area contributed by atoms with Gasteiger partial charge in [-0.2, -0.15) is 0 Å². The second-order valence-corrected chi connectivity index (χ2v) is 6.45. The normalized spacial score (nSPS) is 17.2. The number of carbonyl (C=O) groups is 1. The molecule has 6 nitrogen and oxygen atoms in total. The Balaban J connectivity index is 1.84. The quantitative estimate of drug-likeness (QED) is 0.905. The lowest BCUT2D eigenvalue weighted by molar-refractivity contribution is -0.136. The summed E-state index contributed by atoms with van der Waals surface area (Å²) in [5, 5.41) is 9.16. The van der Waals surface area contributed by atoms with Gasteiger partial charge < -0.3 is 14.4 Å². The molecule has 0 unspecified atom stereocenters. The highest BCUT2D eigenvalue weighted by Crippen LogP contribution is 2.20. The molecule has 0 aliphatic carbocycles. The first-order valence-electron chi connectivity index (χ1n) is 8.10. The van der Waals surface area contributed by atoms with E-state index in [9.17, 15) is 4.79 Å². The minimum absolute atomic E-state index is 0.0295. The number of likely N-dealkylation sites (tertiary alicyclic amines) is 1. The van der Waals surface area contributed by atoms with Gasteiger partial charge in [0.25, 0.3) is 0 Å². The molecule has 1 saturated heterocycles. The SMILES string of the molecule is CN1CCC(N(C)Cc2c(CC(=O)O)nc3ccccn23)CC1. The number of carboxylic acids is 1. The third-order valence-corrected chi connectivity index (χ3v) is 4.74. The molecule has 0 spiro atoms. The van der Waals surface area contributed by atoms with Gasteiger partial charge in [-0.15, -0.1) is 0 Å². The zero-order valence-electron chi connectivity index (χ0n) is 13.8. The number of nitrogens with zero attached hydrogens (tertiary/aromatic N) is 4. The monoisotopic (exact) mass is 316 g/mol. The Morgan fingerprint density at radius 1 is 1.39 bits per heavy atom. The highest BCUT2D eigenvalue weighted by Gasteiger charge is 2.23. The third kappa shape index (κ3) is 3.54. The molecule has 2 aromatic rings. The van der Waals surface area contributed by atoms with Crippen LogP contribution in [0.25, 0.3) is 5.65 Å². The highest BCUT2D eigenvalue weighted by atomic mass is 16.4. The van der Waals surface area contributed by atoms with Crippen molar-refractivity contribution in [3.63, 3.8) is 0 Å². The van der Waals surface area contributed by atoms with E-state index in [1.54, 1.807) is 0 Å². The summed E-state index contributed by atoms with van der Waals surface area (Å²) < 4.78 is 2.02. The smallest absolute Gasteiger partial charge is 0.309 e. The Kier molecular flexibility index (Phi) is 4.63. The molecule has 2 aromatic heterocycles. The molecule has 6 heteroatoms. The Bertz CT molecular complexity index is 689. The van der Waals surface area contributed by atoms with E-state index >= 15 is 0 Å². The van der Waals surface area contributed by atoms with E-state index in [-0.39, 0.29) is 6.42 Å². The number of piperidine rings is 1. The molecule has 0 amide bonds. The van der Waals surface area contributed by atoms with Crippen LogP contribution in [0.5, 0.6) is 0 Å². The number of aliphatic carboxylic acids is 1. The van der Waals surface area contributed by atoms with E-state index in [1.165, 1.54) is 0 Å². The van der Waals surface area contributed by atoms with Crippen LogP contribution in [0.3, 0.4) is 0 Å². The fraction of sp³-hybridized carbons (Fsp3) is 0.529. The van der Waals surface area contributed by atoms with Gasteiger partial charge in [-0.05, 0) is 52.2 Å². The molecule has 0 saturated carbocycles. The van der Waals surface area contributed by atoms with E-state index in [0.717, 1.165) is 43.8 Å². The minimum Gasteiger partial charge on any atom is -0.481 e. The van der Waals surface area contributed by atoms with Crippen LogP contribution < -0.4 is 0 Å². The molecule has 0 bridgehead atoms. The topological polar surface area (TPSA) is 61.1 Å². The zero-order chi connectivity index (χ0) is 16.4. The van der Waals surface area contributed by atoms with E-state index in [2.05, 4.69) is 28.9 Å². The summed E-state index contributed by atoms with van der Waals surface area (Å²) in [6.45, 7) is 2.95. The van der Waals surface area contributed by atoms with E-state index in [4.69, 9.17) is 5.11 Å². The Morgan fingerprint density at radius 3 is 2.83 bits per heavy atom. The number of hydrogen-bond donors (Lipinski definition) is 1. The van der Waals surface area contributed by atoms with Crippen LogP contribution in [0.1, 0.15) is 24.2 Å². The average molecular weight is 316 g/mol. The Hall–Kier alpha value is -1.92. The number of carboxylic acid groups (broad SMARTS) is 1. The van der Waals surface area contributed by atoms with Crippen molar-refractivity contribution in [2.24, 2.45) is 0 Å².